The van der Waals surface area contributed by atoms with E-state index in [4.69, 9.17) is 11.6 Å². The summed E-state index contributed by atoms with van der Waals surface area (Å²) >= 11 is 5.72. The predicted octanol–water partition coefficient (Wildman–Crippen LogP) is 4.26. The van der Waals surface area contributed by atoms with Crippen LogP contribution in [0, 0.1) is 5.82 Å². The van der Waals surface area contributed by atoms with Crippen molar-refractivity contribution in [1.29, 1.82) is 0 Å². The van der Waals surface area contributed by atoms with Crippen LogP contribution in [0.2, 0.25) is 5.02 Å². The van der Waals surface area contributed by atoms with Gasteiger partial charge in [-0.3, -0.25) is 9.78 Å². The van der Waals surface area contributed by atoms with Gasteiger partial charge in [-0.1, -0.05) is 35.9 Å². The van der Waals surface area contributed by atoms with Gasteiger partial charge in [0.1, 0.15) is 0 Å². The van der Waals surface area contributed by atoms with Crippen LogP contribution < -0.4 is 0 Å². The third kappa shape index (κ3) is 2.06. The minimum Gasteiger partial charge on any atom is -0.288 e. The monoisotopic (exact) mass is 285 g/mol. The predicted molar refractivity (Wildman–Crippen MR) is 76.6 cm³/mol. The SMILES string of the molecule is O=C(c1cccc(Cl)c1F)c1cccc2ncccc12. The first-order valence-corrected chi connectivity index (χ1v) is 6.39. The van der Waals surface area contributed by atoms with Crippen molar-refractivity contribution in [1.82, 2.24) is 4.98 Å². The van der Waals surface area contributed by atoms with Gasteiger partial charge in [0.2, 0.25) is 0 Å². The van der Waals surface area contributed by atoms with E-state index < -0.39 is 11.6 Å². The second-order valence-electron chi connectivity index (χ2n) is 4.31. The lowest BCUT2D eigenvalue weighted by atomic mass is 9.99. The number of nitrogens with zero attached hydrogens (tertiary/aromatic N) is 1. The van der Waals surface area contributed by atoms with Gasteiger partial charge in [0, 0.05) is 17.1 Å². The topological polar surface area (TPSA) is 30.0 Å². The molecule has 0 aliphatic carbocycles. The molecule has 0 unspecified atom stereocenters. The van der Waals surface area contributed by atoms with E-state index in [0.29, 0.717) is 16.5 Å². The molecule has 0 saturated heterocycles. The lowest BCUT2D eigenvalue weighted by Crippen LogP contribution is -2.05. The second-order valence-corrected chi connectivity index (χ2v) is 4.71. The average Bonchev–Trinajstić information content (AvgIpc) is 2.49. The zero-order chi connectivity index (χ0) is 14.1. The van der Waals surface area contributed by atoms with E-state index in [1.165, 1.54) is 12.1 Å². The molecule has 0 amide bonds. The van der Waals surface area contributed by atoms with Crippen molar-refractivity contribution >= 4 is 28.3 Å². The highest BCUT2D eigenvalue weighted by molar-refractivity contribution is 6.31. The van der Waals surface area contributed by atoms with E-state index in [-0.39, 0.29) is 10.6 Å². The fourth-order valence-corrected chi connectivity index (χ4v) is 2.30. The summed E-state index contributed by atoms with van der Waals surface area (Å²) in [6.07, 6.45) is 1.65. The molecule has 0 aliphatic rings. The van der Waals surface area contributed by atoms with Gasteiger partial charge in [-0.05, 0) is 24.3 Å². The highest BCUT2D eigenvalue weighted by Gasteiger charge is 2.17. The molecule has 0 aliphatic heterocycles. The van der Waals surface area contributed by atoms with Crippen LogP contribution in [0.3, 0.4) is 0 Å². The molecule has 0 spiro atoms. The molecule has 0 atom stereocenters. The molecule has 20 heavy (non-hydrogen) atoms. The fraction of sp³-hybridized carbons (Fsp3) is 0. The molecule has 2 nitrogen and oxygen atoms in total. The Hall–Kier alpha value is -2.26. The molecule has 2 aromatic carbocycles. The van der Waals surface area contributed by atoms with Gasteiger partial charge < -0.3 is 0 Å². The zero-order valence-corrected chi connectivity index (χ0v) is 11.1. The first kappa shape index (κ1) is 12.8. The number of rotatable bonds is 2. The maximum atomic E-state index is 14.0. The van der Waals surface area contributed by atoms with Gasteiger partial charge in [-0.25, -0.2) is 4.39 Å². The largest absolute Gasteiger partial charge is 0.288 e. The summed E-state index contributed by atoms with van der Waals surface area (Å²) in [6, 6.07) is 13.1. The first-order valence-electron chi connectivity index (χ1n) is 6.01. The van der Waals surface area contributed by atoms with E-state index in [9.17, 15) is 9.18 Å². The maximum Gasteiger partial charge on any atom is 0.196 e. The highest BCUT2D eigenvalue weighted by Crippen LogP contribution is 2.24. The maximum absolute atomic E-state index is 14.0. The van der Waals surface area contributed by atoms with Crippen molar-refractivity contribution in [3.05, 3.63) is 76.7 Å². The van der Waals surface area contributed by atoms with Crippen LogP contribution in [-0.4, -0.2) is 10.8 Å². The summed E-state index contributed by atoms with van der Waals surface area (Å²) in [7, 11) is 0. The van der Waals surface area contributed by atoms with Crippen molar-refractivity contribution in [2.24, 2.45) is 0 Å². The molecule has 1 heterocycles. The van der Waals surface area contributed by atoms with E-state index >= 15 is 0 Å². The third-order valence-electron chi connectivity index (χ3n) is 3.09. The summed E-state index contributed by atoms with van der Waals surface area (Å²) in [4.78, 5) is 16.7. The number of ketones is 1. The van der Waals surface area contributed by atoms with Gasteiger partial charge in [0.15, 0.2) is 11.6 Å². The molecule has 0 bridgehead atoms. The van der Waals surface area contributed by atoms with Crippen LogP contribution in [-0.2, 0) is 0 Å². The summed E-state index contributed by atoms with van der Waals surface area (Å²) in [5.74, 6) is -1.09. The normalized spacial score (nSPS) is 10.7. The van der Waals surface area contributed by atoms with Gasteiger partial charge in [-0.2, -0.15) is 0 Å². The molecule has 0 fully saturated rings. The number of benzene rings is 2. The molecule has 0 N–H and O–H groups in total. The summed E-state index contributed by atoms with van der Waals surface area (Å²) in [6.45, 7) is 0. The summed E-state index contributed by atoms with van der Waals surface area (Å²) in [5, 5.41) is 0.633. The number of hydrogen-bond donors (Lipinski definition) is 0. The Balaban J connectivity index is 2.21. The number of fused-ring (bicyclic) bond motifs is 1. The molecule has 1 aromatic heterocycles. The number of pyridine rings is 1. The summed E-state index contributed by atoms with van der Waals surface area (Å²) in [5.41, 5.74) is 1.08. The van der Waals surface area contributed by atoms with Crippen LogP contribution in [0.4, 0.5) is 4.39 Å². The van der Waals surface area contributed by atoms with Crippen molar-refractivity contribution < 1.29 is 9.18 Å². The number of halogens is 2. The molecule has 3 aromatic rings. The minimum atomic E-state index is -0.694. The number of carbonyl (C=O) groups excluding carboxylic acids is 1. The van der Waals surface area contributed by atoms with E-state index in [2.05, 4.69) is 4.98 Å². The smallest absolute Gasteiger partial charge is 0.196 e. The standard InChI is InChI=1S/C16H9ClFNO/c17-13-7-1-5-12(15(13)18)16(20)11-4-2-8-14-10(11)6-3-9-19-14/h1-9H. The summed E-state index contributed by atoms with van der Waals surface area (Å²) < 4.78 is 14.0. The van der Waals surface area contributed by atoms with Crippen molar-refractivity contribution in [2.75, 3.05) is 0 Å². The van der Waals surface area contributed by atoms with E-state index in [1.54, 1.807) is 42.6 Å². The number of aromatic nitrogens is 1. The minimum absolute atomic E-state index is 0.0335. The third-order valence-corrected chi connectivity index (χ3v) is 3.38. The molecule has 3 rings (SSSR count). The Bertz CT molecular complexity index is 811. The van der Waals surface area contributed by atoms with E-state index in [0.717, 1.165) is 0 Å². The zero-order valence-electron chi connectivity index (χ0n) is 10.3. The van der Waals surface area contributed by atoms with Gasteiger partial charge in [0.25, 0.3) is 0 Å². The van der Waals surface area contributed by atoms with Gasteiger partial charge in [0.05, 0.1) is 16.1 Å². The Morgan fingerprint density at radius 3 is 2.60 bits per heavy atom. The van der Waals surface area contributed by atoms with Gasteiger partial charge in [-0.15, -0.1) is 0 Å². The number of hydrogen-bond acceptors (Lipinski definition) is 2. The van der Waals surface area contributed by atoms with Crippen molar-refractivity contribution in [3.63, 3.8) is 0 Å². The van der Waals surface area contributed by atoms with Gasteiger partial charge >= 0.3 is 0 Å². The molecule has 98 valence electrons. The second kappa shape index (κ2) is 5.02. The lowest BCUT2D eigenvalue weighted by Gasteiger charge is -2.07. The molecule has 4 heteroatoms. The quantitative estimate of drug-likeness (QED) is 0.659. The van der Waals surface area contributed by atoms with Crippen molar-refractivity contribution in [2.45, 2.75) is 0 Å². The van der Waals surface area contributed by atoms with E-state index in [1.807, 2.05) is 0 Å². The van der Waals surface area contributed by atoms with Crippen LogP contribution in [0.15, 0.2) is 54.7 Å². The average molecular weight is 286 g/mol. The van der Waals surface area contributed by atoms with Crippen LogP contribution in [0.1, 0.15) is 15.9 Å². The fourth-order valence-electron chi connectivity index (χ4n) is 2.13. The molecular formula is C16H9ClFNO. The lowest BCUT2D eigenvalue weighted by molar-refractivity contribution is 0.103. The highest BCUT2D eigenvalue weighted by atomic mass is 35.5. The van der Waals surface area contributed by atoms with Crippen LogP contribution in [0.25, 0.3) is 10.9 Å². The Morgan fingerprint density at radius 1 is 1.00 bits per heavy atom. The Morgan fingerprint density at radius 2 is 1.75 bits per heavy atom. The first-order chi connectivity index (χ1) is 9.68. The van der Waals surface area contributed by atoms with Crippen LogP contribution >= 0.6 is 11.6 Å². The Labute approximate surface area is 119 Å². The molecular weight excluding hydrogens is 277 g/mol. The molecule has 0 saturated carbocycles. The Kier molecular flexibility index (Phi) is 3.20. The number of carbonyl (C=O) groups is 1. The van der Waals surface area contributed by atoms with Crippen LogP contribution in [0.5, 0.6) is 0 Å². The van der Waals surface area contributed by atoms with Crippen molar-refractivity contribution in [3.8, 4) is 0 Å². The molecule has 0 radical (unpaired) electrons.